The van der Waals surface area contributed by atoms with Crippen molar-refractivity contribution in [2.75, 3.05) is 19.0 Å². The topological polar surface area (TPSA) is 64.3 Å². The van der Waals surface area contributed by atoms with Crippen LogP contribution < -0.4 is 15.8 Å². The van der Waals surface area contributed by atoms with E-state index in [1.165, 1.54) is 0 Å². The van der Waals surface area contributed by atoms with E-state index in [-0.39, 0.29) is 5.91 Å². The second-order valence-electron chi connectivity index (χ2n) is 4.70. The number of carbonyl (C=O) groups is 1. The van der Waals surface area contributed by atoms with Crippen LogP contribution in [0.4, 0.5) is 5.69 Å². The summed E-state index contributed by atoms with van der Waals surface area (Å²) in [6.45, 7) is 2.72. The fraction of sp³-hybridized carbons (Fsp3) is 0.533. The van der Waals surface area contributed by atoms with Gasteiger partial charge in [0, 0.05) is 6.42 Å². The van der Waals surface area contributed by atoms with Crippen molar-refractivity contribution in [3.63, 3.8) is 0 Å². The summed E-state index contributed by atoms with van der Waals surface area (Å²) < 4.78 is 5.26. The van der Waals surface area contributed by atoms with Crippen molar-refractivity contribution in [2.45, 2.75) is 39.0 Å². The number of hydrogen-bond donors (Lipinski definition) is 2. The highest BCUT2D eigenvalue weighted by atomic mass is 16.5. The summed E-state index contributed by atoms with van der Waals surface area (Å²) in [5.41, 5.74) is 7.27. The Kier molecular flexibility index (Phi) is 6.97. The summed E-state index contributed by atoms with van der Waals surface area (Å²) in [6.07, 6.45) is 4.63. The molecule has 0 fully saturated rings. The average Bonchev–Trinajstić information content (AvgIpc) is 2.40. The molecule has 0 aliphatic carbocycles. The van der Waals surface area contributed by atoms with Crippen LogP contribution in [0.5, 0.6) is 5.75 Å². The fourth-order valence-electron chi connectivity index (χ4n) is 1.90. The number of unbranched alkanes of at least 4 members (excludes halogenated alkanes) is 3. The number of hydrogen-bond acceptors (Lipinski definition) is 3. The Bertz CT molecular complexity index is 405. The minimum atomic E-state index is 0.0369. The third-order valence-electron chi connectivity index (χ3n) is 2.99. The van der Waals surface area contributed by atoms with Gasteiger partial charge in [-0.15, -0.1) is 0 Å². The molecular weight excluding hydrogens is 240 g/mol. The number of amides is 1. The van der Waals surface area contributed by atoms with Crippen molar-refractivity contribution in [1.29, 1.82) is 0 Å². The predicted octanol–water partition coefficient (Wildman–Crippen LogP) is 2.85. The number of ether oxygens (including phenoxy) is 1. The quantitative estimate of drug-likeness (QED) is 0.710. The van der Waals surface area contributed by atoms with E-state index in [9.17, 15) is 4.79 Å². The van der Waals surface area contributed by atoms with Gasteiger partial charge in [0.25, 0.3) is 0 Å². The zero-order valence-electron chi connectivity index (χ0n) is 11.9. The molecule has 1 aromatic carbocycles. The first-order valence-corrected chi connectivity index (χ1v) is 6.82. The molecule has 0 aromatic heterocycles. The van der Waals surface area contributed by atoms with Crippen LogP contribution in [0.3, 0.4) is 0 Å². The zero-order valence-corrected chi connectivity index (χ0v) is 11.9. The molecule has 0 radical (unpaired) electrons. The SMILES string of the molecule is COc1cc(C)ccc1NC(=O)CCCCCCN. The first kappa shape index (κ1) is 15.5. The van der Waals surface area contributed by atoms with Crippen LogP contribution in [0, 0.1) is 6.92 Å². The number of benzene rings is 1. The first-order valence-electron chi connectivity index (χ1n) is 6.82. The highest BCUT2D eigenvalue weighted by molar-refractivity contribution is 5.92. The second-order valence-corrected chi connectivity index (χ2v) is 4.70. The number of methoxy groups -OCH3 is 1. The Morgan fingerprint density at radius 3 is 2.68 bits per heavy atom. The van der Waals surface area contributed by atoms with E-state index in [1.54, 1.807) is 7.11 Å². The van der Waals surface area contributed by atoms with E-state index >= 15 is 0 Å². The monoisotopic (exact) mass is 264 g/mol. The van der Waals surface area contributed by atoms with Gasteiger partial charge >= 0.3 is 0 Å². The minimum absolute atomic E-state index is 0.0369. The van der Waals surface area contributed by atoms with Crippen LogP contribution in [0.25, 0.3) is 0 Å². The number of aryl methyl sites for hydroxylation is 1. The fourth-order valence-corrected chi connectivity index (χ4v) is 1.90. The molecule has 4 nitrogen and oxygen atoms in total. The lowest BCUT2D eigenvalue weighted by Crippen LogP contribution is -2.12. The molecule has 3 N–H and O–H groups in total. The van der Waals surface area contributed by atoms with E-state index < -0.39 is 0 Å². The van der Waals surface area contributed by atoms with Crippen LogP contribution >= 0.6 is 0 Å². The molecule has 0 aliphatic heterocycles. The van der Waals surface area contributed by atoms with Crippen LogP contribution in [-0.4, -0.2) is 19.6 Å². The number of carbonyl (C=O) groups excluding carboxylic acids is 1. The van der Waals surface area contributed by atoms with E-state index in [1.807, 2.05) is 25.1 Å². The van der Waals surface area contributed by atoms with Gasteiger partial charge in [0.1, 0.15) is 5.75 Å². The molecule has 0 aliphatic rings. The Hall–Kier alpha value is -1.55. The molecular formula is C15H24N2O2. The van der Waals surface area contributed by atoms with Crippen molar-refractivity contribution in [2.24, 2.45) is 5.73 Å². The molecule has 1 amide bonds. The Morgan fingerprint density at radius 2 is 2.00 bits per heavy atom. The summed E-state index contributed by atoms with van der Waals surface area (Å²) in [6, 6.07) is 5.75. The summed E-state index contributed by atoms with van der Waals surface area (Å²) in [5.74, 6) is 0.742. The van der Waals surface area contributed by atoms with Crippen molar-refractivity contribution >= 4 is 11.6 Å². The Labute approximate surface area is 115 Å². The Morgan fingerprint density at radius 1 is 1.26 bits per heavy atom. The highest BCUT2D eigenvalue weighted by Gasteiger charge is 2.07. The summed E-state index contributed by atoms with van der Waals surface area (Å²) in [4.78, 5) is 11.8. The summed E-state index contributed by atoms with van der Waals surface area (Å²) in [7, 11) is 1.61. The van der Waals surface area contributed by atoms with Crippen LogP contribution in [0.15, 0.2) is 18.2 Å². The molecule has 0 saturated heterocycles. The average molecular weight is 264 g/mol. The number of anilines is 1. The molecule has 1 aromatic rings. The molecule has 1 rings (SSSR count). The summed E-state index contributed by atoms with van der Waals surface area (Å²) >= 11 is 0. The van der Waals surface area contributed by atoms with Crippen LogP contribution in [0.1, 0.15) is 37.7 Å². The standard InChI is InChI=1S/C15H24N2O2/c1-12-8-9-13(14(11-12)19-2)17-15(18)7-5-3-4-6-10-16/h8-9,11H,3-7,10,16H2,1-2H3,(H,17,18). The lowest BCUT2D eigenvalue weighted by atomic mass is 10.1. The normalized spacial score (nSPS) is 10.3. The number of nitrogens with two attached hydrogens (primary N) is 1. The maximum Gasteiger partial charge on any atom is 0.224 e. The Balaban J connectivity index is 2.39. The van der Waals surface area contributed by atoms with Gasteiger partial charge in [0.15, 0.2) is 0 Å². The zero-order chi connectivity index (χ0) is 14.1. The van der Waals surface area contributed by atoms with E-state index in [2.05, 4.69) is 5.32 Å². The van der Waals surface area contributed by atoms with Crippen molar-refractivity contribution in [3.05, 3.63) is 23.8 Å². The molecule has 0 heterocycles. The van der Waals surface area contributed by atoms with Gasteiger partial charge in [-0.25, -0.2) is 0 Å². The van der Waals surface area contributed by atoms with Gasteiger partial charge in [-0.05, 0) is 44.0 Å². The van der Waals surface area contributed by atoms with Crippen LogP contribution in [0.2, 0.25) is 0 Å². The van der Waals surface area contributed by atoms with Crippen molar-refractivity contribution in [3.8, 4) is 5.75 Å². The van der Waals surface area contributed by atoms with E-state index in [4.69, 9.17) is 10.5 Å². The number of rotatable bonds is 8. The summed E-state index contributed by atoms with van der Waals surface area (Å²) in [5, 5.41) is 2.89. The van der Waals surface area contributed by atoms with Gasteiger partial charge in [0.2, 0.25) is 5.91 Å². The molecule has 0 spiro atoms. The molecule has 0 bridgehead atoms. The predicted molar refractivity (Wildman–Crippen MR) is 78.5 cm³/mol. The first-order chi connectivity index (χ1) is 9.17. The molecule has 0 saturated carbocycles. The smallest absolute Gasteiger partial charge is 0.224 e. The third-order valence-corrected chi connectivity index (χ3v) is 2.99. The lowest BCUT2D eigenvalue weighted by Gasteiger charge is -2.10. The molecule has 0 unspecified atom stereocenters. The largest absolute Gasteiger partial charge is 0.495 e. The maximum absolute atomic E-state index is 11.8. The second kappa shape index (κ2) is 8.53. The van der Waals surface area contributed by atoms with Crippen LogP contribution in [-0.2, 0) is 4.79 Å². The van der Waals surface area contributed by atoms with Gasteiger partial charge in [-0.3, -0.25) is 4.79 Å². The molecule has 4 heteroatoms. The molecule has 0 atom stereocenters. The van der Waals surface area contributed by atoms with E-state index in [0.717, 1.165) is 43.5 Å². The van der Waals surface area contributed by atoms with Gasteiger partial charge in [0.05, 0.1) is 12.8 Å². The minimum Gasteiger partial charge on any atom is -0.495 e. The third kappa shape index (κ3) is 5.75. The van der Waals surface area contributed by atoms with Gasteiger partial charge in [-0.2, -0.15) is 0 Å². The van der Waals surface area contributed by atoms with Crippen molar-refractivity contribution in [1.82, 2.24) is 0 Å². The number of nitrogens with one attached hydrogen (secondary N) is 1. The van der Waals surface area contributed by atoms with E-state index in [0.29, 0.717) is 12.2 Å². The maximum atomic E-state index is 11.8. The van der Waals surface area contributed by atoms with Gasteiger partial charge in [-0.1, -0.05) is 18.9 Å². The van der Waals surface area contributed by atoms with Gasteiger partial charge < -0.3 is 15.8 Å². The molecule has 106 valence electrons. The highest BCUT2D eigenvalue weighted by Crippen LogP contribution is 2.25. The lowest BCUT2D eigenvalue weighted by molar-refractivity contribution is -0.116. The van der Waals surface area contributed by atoms with Crippen molar-refractivity contribution < 1.29 is 9.53 Å². The molecule has 19 heavy (non-hydrogen) atoms.